The predicted octanol–water partition coefficient (Wildman–Crippen LogP) is 3.58. The second-order valence-corrected chi connectivity index (χ2v) is 8.45. The van der Waals surface area contributed by atoms with E-state index in [1.165, 1.54) is 11.3 Å². The van der Waals surface area contributed by atoms with Crippen LogP contribution in [0.4, 0.5) is 10.1 Å². The number of aryl methyl sites for hydroxylation is 1. The van der Waals surface area contributed by atoms with E-state index in [2.05, 4.69) is 20.7 Å². The van der Waals surface area contributed by atoms with Gasteiger partial charge in [-0.1, -0.05) is 0 Å². The fraction of sp³-hybridized carbons (Fsp3) is 0.231. The summed E-state index contributed by atoms with van der Waals surface area (Å²) < 4.78 is 40.8. The molecule has 0 aliphatic heterocycles. The molecule has 0 radical (unpaired) electrons. The Hall–Kier alpha value is -0.960. The summed E-state index contributed by atoms with van der Waals surface area (Å²) in [6, 6.07) is 5.57. The van der Waals surface area contributed by atoms with Crippen molar-refractivity contribution in [1.82, 2.24) is 4.72 Å². The number of halogens is 2. The van der Waals surface area contributed by atoms with Crippen molar-refractivity contribution < 1.29 is 12.8 Å². The SMILES string of the molecule is Cc1ccc(C(C)NS(=O)(=O)c2cc(N)c(F)cc2Br)s1. The maximum absolute atomic E-state index is 13.3. The lowest BCUT2D eigenvalue weighted by molar-refractivity contribution is 0.567. The summed E-state index contributed by atoms with van der Waals surface area (Å²) in [7, 11) is -3.81. The number of thiophene rings is 1. The van der Waals surface area contributed by atoms with Crippen LogP contribution < -0.4 is 10.5 Å². The lowest BCUT2D eigenvalue weighted by Gasteiger charge is -2.14. The molecule has 0 spiro atoms. The fourth-order valence-corrected chi connectivity index (χ4v) is 5.02. The number of hydrogen-bond donors (Lipinski definition) is 2. The molecule has 0 saturated heterocycles. The quantitative estimate of drug-likeness (QED) is 0.780. The monoisotopic (exact) mass is 392 g/mol. The molecule has 0 aliphatic carbocycles. The summed E-state index contributed by atoms with van der Waals surface area (Å²) in [5.41, 5.74) is 5.24. The first kappa shape index (κ1) is 16.4. The van der Waals surface area contributed by atoms with Crippen LogP contribution in [0.1, 0.15) is 22.7 Å². The van der Waals surface area contributed by atoms with Crippen LogP contribution in [0.5, 0.6) is 0 Å². The normalized spacial score (nSPS) is 13.3. The molecule has 8 heteroatoms. The van der Waals surface area contributed by atoms with E-state index in [0.29, 0.717) is 0 Å². The first-order chi connectivity index (χ1) is 9.70. The number of benzene rings is 1. The number of nitrogens with two attached hydrogens (primary N) is 1. The van der Waals surface area contributed by atoms with E-state index in [0.717, 1.165) is 21.9 Å². The number of nitrogens with one attached hydrogen (secondary N) is 1. The van der Waals surface area contributed by atoms with Gasteiger partial charge < -0.3 is 5.73 Å². The smallest absolute Gasteiger partial charge is 0.242 e. The molecule has 0 amide bonds. The average molecular weight is 393 g/mol. The van der Waals surface area contributed by atoms with Gasteiger partial charge in [-0.05, 0) is 54.0 Å². The maximum Gasteiger partial charge on any atom is 0.242 e. The van der Waals surface area contributed by atoms with Gasteiger partial charge in [0.25, 0.3) is 0 Å². The van der Waals surface area contributed by atoms with Crippen LogP contribution in [0.3, 0.4) is 0 Å². The second kappa shape index (κ2) is 6.04. The Morgan fingerprint density at radius 1 is 1.38 bits per heavy atom. The van der Waals surface area contributed by atoms with Gasteiger partial charge >= 0.3 is 0 Å². The molecule has 114 valence electrons. The molecule has 3 N–H and O–H groups in total. The fourth-order valence-electron chi connectivity index (χ4n) is 1.79. The highest BCUT2D eigenvalue weighted by molar-refractivity contribution is 9.10. The Balaban J connectivity index is 2.32. The van der Waals surface area contributed by atoms with Gasteiger partial charge in [0.1, 0.15) is 5.82 Å². The number of anilines is 1. The molecule has 0 bridgehead atoms. The van der Waals surface area contributed by atoms with Crippen molar-refractivity contribution in [2.45, 2.75) is 24.8 Å². The van der Waals surface area contributed by atoms with Gasteiger partial charge in [-0.15, -0.1) is 11.3 Å². The molecule has 2 rings (SSSR count). The molecule has 0 saturated carbocycles. The maximum atomic E-state index is 13.3. The van der Waals surface area contributed by atoms with Crippen LogP contribution in [0.15, 0.2) is 33.6 Å². The van der Waals surface area contributed by atoms with E-state index < -0.39 is 15.8 Å². The molecule has 2 aromatic rings. The Bertz CT molecular complexity index is 774. The van der Waals surface area contributed by atoms with Gasteiger partial charge in [-0.25, -0.2) is 17.5 Å². The third-order valence-electron chi connectivity index (χ3n) is 2.86. The molecule has 21 heavy (non-hydrogen) atoms. The standard InChI is InChI=1S/C13H14BrFN2O2S2/c1-7-3-4-12(20-7)8(2)17-21(18,19)13-6-11(16)10(15)5-9(13)14/h3-6,8,17H,16H2,1-2H3. The van der Waals surface area contributed by atoms with Crippen LogP contribution in [-0.4, -0.2) is 8.42 Å². The largest absolute Gasteiger partial charge is 0.396 e. The molecule has 0 aliphatic rings. The molecule has 1 unspecified atom stereocenters. The van der Waals surface area contributed by atoms with Crippen LogP contribution in [0.25, 0.3) is 0 Å². The Kier molecular flexibility index (Phi) is 4.72. The summed E-state index contributed by atoms with van der Waals surface area (Å²) in [4.78, 5) is 1.92. The number of rotatable bonds is 4. The van der Waals surface area contributed by atoms with Gasteiger partial charge in [0, 0.05) is 14.2 Å². The Morgan fingerprint density at radius 2 is 2.05 bits per heavy atom. The van der Waals surface area contributed by atoms with Crippen molar-refractivity contribution in [1.29, 1.82) is 0 Å². The van der Waals surface area contributed by atoms with E-state index in [1.54, 1.807) is 6.92 Å². The Labute approximate surface area is 135 Å². The molecule has 1 atom stereocenters. The van der Waals surface area contributed by atoms with Crippen molar-refractivity contribution in [3.8, 4) is 0 Å². The highest BCUT2D eigenvalue weighted by Crippen LogP contribution is 2.29. The van der Waals surface area contributed by atoms with Crippen molar-refractivity contribution in [3.63, 3.8) is 0 Å². The number of hydrogen-bond acceptors (Lipinski definition) is 4. The molecule has 0 fully saturated rings. The van der Waals surface area contributed by atoms with Gasteiger partial charge in [-0.3, -0.25) is 0 Å². The minimum Gasteiger partial charge on any atom is -0.396 e. The zero-order valence-corrected chi connectivity index (χ0v) is 14.6. The molecule has 4 nitrogen and oxygen atoms in total. The van der Waals surface area contributed by atoms with Gasteiger partial charge in [0.05, 0.1) is 16.6 Å². The van der Waals surface area contributed by atoms with Gasteiger partial charge in [0.15, 0.2) is 0 Å². The minimum atomic E-state index is -3.81. The van der Waals surface area contributed by atoms with Crippen molar-refractivity contribution >= 4 is 43.0 Å². The molecular weight excluding hydrogens is 379 g/mol. The molecule has 1 aromatic heterocycles. The summed E-state index contributed by atoms with van der Waals surface area (Å²) in [5.74, 6) is -0.664. The summed E-state index contributed by atoms with van der Waals surface area (Å²) in [6.45, 7) is 3.70. The van der Waals surface area contributed by atoms with Crippen LogP contribution in [-0.2, 0) is 10.0 Å². The minimum absolute atomic E-state index is 0.0819. The first-order valence-electron chi connectivity index (χ1n) is 6.04. The van der Waals surface area contributed by atoms with Crippen LogP contribution >= 0.6 is 27.3 Å². The summed E-state index contributed by atoms with van der Waals surface area (Å²) in [5, 5.41) is 0. The van der Waals surface area contributed by atoms with Crippen molar-refractivity contribution in [2.75, 3.05) is 5.73 Å². The predicted molar refractivity (Wildman–Crippen MR) is 86.3 cm³/mol. The highest BCUT2D eigenvalue weighted by Gasteiger charge is 2.23. The first-order valence-corrected chi connectivity index (χ1v) is 9.13. The van der Waals surface area contributed by atoms with E-state index in [9.17, 15) is 12.8 Å². The topological polar surface area (TPSA) is 72.2 Å². The van der Waals surface area contributed by atoms with Gasteiger partial charge in [-0.2, -0.15) is 0 Å². The summed E-state index contributed by atoms with van der Waals surface area (Å²) in [6.07, 6.45) is 0. The zero-order valence-electron chi connectivity index (χ0n) is 11.4. The highest BCUT2D eigenvalue weighted by atomic mass is 79.9. The zero-order chi connectivity index (χ0) is 15.8. The Morgan fingerprint density at radius 3 is 2.62 bits per heavy atom. The molecule has 1 aromatic carbocycles. The van der Waals surface area contributed by atoms with Crippen molar-refractivity contribution in [2.24, 2.45) is 0 Å². The lowest BCUT2D eigenvalue weighted by Crippen LogP contribution is -2.27. The van der Waals surface area contributed by atoms with E-state index in [-0.39, 0.29) is 21.1 Å². The van der Waals surface area contributed by atoms with E-state index >= 15 is 0 Å². The summed E-state index contributed by atoms with van der Waals surface area (Å²) >= 11 is 4.57. The average Bonchev–Trinajstić information content (AvgIpc) is 2.80. The number of nitrogen functional groups attached to an aromatic ring is 1. The third-order valence-corrected chi connectivity index (χ3v) is 6.54. The molecular formula is C13H14BrFN2O2S2. The number of sulfonamides is 1. The second-order valence-electron chi connectivity index (χ2n) is 4.60. The third kappa shape index (κ3) is 3.63. The van der Waals surface area contributed by atoms with Gasteiger partial charge in [0.2, 0.25) is 10.0 Å². The molecule has 1 heterocycles. The van der Waals surface area contributed by atoms with Crippen LogP contribution in [0.2, 0.25) is 0 Å². The van der Waals surface area contributed by atoms with E-state index in [4.69, 9.17) is 5.73 Å². The lowest BCUT2D eigenvalue weighted by atomic mass is 10.3. The van der Waals surface area contributed by atoms with Crippen LogP contribution in [0, 0.1) is 12.7 Å². The van der Waals surface area contributed by atoms with Crippen molar-refractivity contribution in [3.05, 3.63) is 44.3 Å². The van der Waals surface area contributed by atoms with E-state index in [1.807, 2.05) is 19.1 Å².